The number of hydrogen-bond acceptors (Lipinski definition) is 7. The molecule has 0 saturated carbocycles. The summed E-state index contributed by atoms with van der Waals surface area (Å²) < 4.78 is 0. The maximum Gasteiger partial charge on any atom is 0.322 e. The Labute approximate surface area is 187 Å². The van der Waals surface area contributed by atoms with Crippen LogP contribution in [0.25, 0.3) is 0 Å². The lowest BCUT2D eigenvalue weighted by atomic mass is 10.1. The summed E-state index contributed by atoms with van der Waals surface area (Å²) in [6, 6.07) is -2.50. The van der Waals surface area contributed by atoms with Crippen molar-refractivity contribution in [2.75, 3.05) is 26.2 Å². The van der Waals surface area contributed by atoms with Crippen LogP contribution in [0.3, 0.4) is 0 Å². The topological polar surface area (TPSA) is 232 Å². The molecule has 1 rings (SSSR count). The molecule has 1 aliphatic rings. The molecule has 182 valence electrons. The SMILES string of the molecule is NCCCCC(N)C(=O)NC(CCCN=C(N)N)C(=O)N1CCCC1C(=O)NCC(=O)O. The van der Waals surface area contributed by atoms with Crippen molar-refractivity contribution in [2.24, 2.45) is 27.9 Å². The number of carboxylic acid groups (broad SMARTS) is 1. The molecule has 1 saturated heterocycles. The summed E-state index contributed by atoms with van der Waals surface area (Å²) in [6.45, 7) is 0.564. The van der Waals surface area contributed by atoms with E-state index in [1.807, 2.05) is 0 Å². The highest BCUT2D eigenvalue weighted by atomic mass is 16.4. The highest BCUT2D eigenvalue weighted by Crippen LogP contribution is 2.20. The standard InChI is InChI=1S/C19H36N8O5/c20-8-2-1-5-12(21)16(30)26-13(6-3-9-24-19(22)23)18(32)27-10-4-7-14(27)17(31)25-11-15(28)29/h12-14H,1-11,20-21H2,(H,25,31)(H,26,30)(H,28,29)(H4,22,23,24). The number of nitrogens with one attached hydrogen (secondary N) is 2. The first kappa shape index (κ1) is 27.1. The number of carboxylic acids is 1. The predicted octanol–water partition coefficient (Wildman–Crippen LogP) is -2.83. The zero-order valence-corrected chi connectivity index (χ0v) is 18.3. The average Bonchev–Trinajstić information content (AvgIpc) is 3.23. The van der Waals surface area contributed by atoms with E-state index >= 15 is 0 Å². The first-order valence-electron chi connectivity index (χ1n) is 10.8. The molecule has 0 aliphatic carbocycles. The van der Waals surface area contributed by atoms with Gasteiger partial charge in [0.05, 0.1) is 6.04 Å². The second-order valence-corrected chi connectivity index (χ2v) is 7.70. The Balaban J connectivity index is 2.85. The van der Waals surface area contributed by atoms with Crippen LogP contribution in [-0.4, -0.2) is 84.0 Å². The molecule has 11 N–H and O–H groups in total. The lowest BCUT2D eigenvalue weighted by Gasteiger charge is -2.29. The number of nitrogens with two attached hydrogens (primary N) is 4. The van der Waals surface area contributed by atoms with E-state index in [1.165, 1.54) is 4.90 Å². The van der Waals surface area contributed by atoms with Gasteiger partial charge in [-0.2, -0.15) is 0 Å². The van der Waals surface area contributed by atoms with Gasteiger partial charge in [0.15, 0.2) is 5.96 Å². The molecule has 0 radical (unpaired) electrons. The summed E-state index contributed by atoms with van der Waals surface area (Å²) in [4.78, 5) is 54.1. The van der Waals surface area contributed by atoms with Gasteiger partial charge in [0.1, 0.15) is 18.6 Å². The zero-order valence-electron chi connectivity index (χ0n) is 18.3. The van der Waals surface area contributed by atoms with Crippen LogP contribution in [0.5, 0.6) is 0 Å². The average molecular weight is 457 g/mol. The summed E-state index contributed by atoms with van der Waals surface area (Å²) >= 11 is 0. The summed E-state index contributed by atoms with van der Waals surface area (Å²) in [7, 11) is 0. The number of unbranched alkanes of at least 4 members (excludes halogenated alkanes) is 1. The molecule has 1 fully saturated rings. The molecular weight excluding hydrogens is 420 g/mol. The van der Waals surface area contributed by atoms with Crippen molar-refractivity contribution in [1.29, 1.82) is 0 Å². The third-order valence-corrected chi connectivity index (χ3v) is 5.12. The van der Waals surface area contributed by atoms with Gasteiger partial charge in [0, 0.05) is 13.1 Å². The number of guanidine groups is 1. The van der Waals surface area contributed by atoms with Crippen LogP contribution in [-0.2, 0) is 19.2 Å². The monoisotopic (exact) mass is 456 g/mol. The van der Waals surface area contributed by atoms with Crippen LogP contribution in [0, 0.1) is 0 Å². The number of aliphatic carboxylic acids is 1. The molecule has 0 aromatic carbocycles. The van der Waals surface area contributed by atoms with Crippen molar-refractivity contribution < 1.29 is 24.3 Å². The maximum atomic E-state index is 13.2. The molecule has 32 heavy (non-hydrogen) atoms. The summed E-state index contributed by atoms with van der Waals surface area (Å²) in [6.07, 6.45) is 3.52. The largest absolute Gasteiger partial charge is 0.480 e. The first-order valence-corrected chi connectivity index (χ1v) is 10.8. The summed E-state index contributed by atoms with van der Waals surface area (Å²) in [5, 5.41) is 13.8. The number of carbonyl (C=O) groups is 4. The van der Waals surface area contributed by atoms with Crippen LogP contribution >= 0.6 is 0 Å². The van der Waals surface area contributed by atoms with E-state index in [4.69, 9.17) is 28.0 Å². The fourth-order valence-corrected chi connectivity index (χ4v) is 3.46. The van der Waals surface area contributed by atoms with E-state index in [2.05, 4.69) is 15.6 Å². The molecule has 3 unspecified atom stereocenters. The number of rotatable bonds is 14. The van der Waals surface area contributed by atoms with Gasteiger partial charge < -0.3 is 43.6 Å². The number of carbonyl (C=O) groups excluding carboxylic acids is 3. The number of nitrogens with zero attached hydrogens (tertiary/aromatic N) is 2. The smallest absolute Gasteiger partial charge is 0.322 e. The van der Waals surface area contributed by atoms with E-state index in [1.54, 1.807) is 0 Å². The van der Waals surface area contributed by atoms with Gasteiger partial charge in [-0.15, -0.1) is 0 Å². The summed E-state index contributed by atoms with van der Waals surface area (Å²) in [5.41, 5.74) is 22.0. The molecule has 13 nitrogen and oxygen atoms in total. The van der Waals surface area contributed by atoms with E-state index < -0.39 is 48.4 Å². The van der Waals surface area contributed by atoms with Crippen molar-refractivity contribution in [3.05, 3.63) is 0 Å². The summed E-state index contributed by atoms with van der Waals surface area (Å²) in [5.74, 6) is -2.68. The maximum absolute atomic E-state index is 13.2. The Morgan fingerprint density at radius 3 is 2.47 bits per heavy atom. The van der Waals surface area contributed by atoms with Crippen molar-refractivity contribution in [1.82, 2.24) is 15.5 Å². The van der Waals surface area contributed by atoms with Gasteiger partial charge in [-0.25, -0.2) is 0 Å². The van der Waals surface area contributed by atoms with E-state index in [0.717, 1.165) is 6.42 Å². The van der Waals surface area contributed by atoms with Crippen LogP contribution in [0.2, 0.25) is 0 Å². The Kier molecular flexibility index (Phi) is 12.0. The normalized spacial score (nSPS) is 17.3. The molecule has 1 heterocycles. The minimum Gasteiger partial charge on any atom is -0.480 e. The number of hydrogen-bond donors (Lipinski definition) is 7. The van der Waals surface area contributed by atoms with Gasteiger partial charge in [0.2, 0.25) is 17.7 Å². The molecular formula is C19H36N8O5. The van der Waals surface area contributed by atoms with Crippen molar-refractivity contribution in [3.63, 3.8) is 0 Å². The molecule has 1 aliphatic heterocycles. The van der Waals surface area contributed by atoms with Crippen LogP contribution < -0.4 is 33.6 Å². The van der Waals surface area contributed by atoms with Gasteiger partial charge in [0.25, 0.3) is 0 Å². The van der Waals surface area contributed by atoms with Crippen molar-refractivity contribution >= 4 is 29.7 Å². The van der Waals surface area contributed by atoms with Crippen LogP contribution in [0.1, 0.15) is 44.9 Å². The quantitative estimate of drug-likeness (QED) is 0.0809. The molecule has 0 aromatic rings. The van der Waals surface area contributed by atoms with E-state index in [0.29, 0.717) is 45.2 Å². The molecule has 0 spiro atoms. The second-order valence-electron chi connectivity index (χ2n) is 7.70. The molecule has 0 bridgehead atoms. The molecule has 13 heteroatoms. The fourth-order valence-electron chi connectivity index (χ4n) is 3.46. The van der Waals surface area contributed by atoms with E-state index in [9.17, 15) is 19.2 Å². The molecule has 3 amide bonds. The highest BCUT2D eigenvalue weighted by Gasteiger charge is 2.37. The van der Waals surface area contributed by atoms with Gasteiger partial charge in [-0.1, -0.05) is 6.42 Å². The first-order chi connectivity index (χ1) is 15.2. The number of aliphatic imine (C=N–C) groups is 1. The lowest BCUT2D eigenvalue weighted by molar-refractivity contribution is -0.143. The zero-order chi connectivity index (χ0) is 24.1. The molecule has 3 atom stereocenters. The predicted molar refractivity (Wildman–Crippen MR) is 118 cm³/mol. The Hall–Kier alpha value is -2.93. The fraction of sp³-hybridized carbons (Fsp3) is 0.737. The highest BCUT2D eigenvalue weighted by molar-refractivity contribution is 5.94. The van der Waals surface area contributed by atoms with Crippen LogP contribution in [0.4, 0.5) is 0 Å². The van der Waals surface area contributed by atoms with Gasteiger partial charge in [-0.05, 0) is 45.1 Å². The van der Waals surface area contributed by atoms with Gasteiger partial charge >= 0.3 is 5.97 Å². The van der Waals surface area contributed by atoms with Crippen molar-refractivity contribution in [3.8, 4) is 0 Å². The number of amides is 3. The number of likely N-dealkylation sites (tertiary alicyclic amines) is 1. The Bertz CT molecular complexity index is 683. The van der Waals surface area contributed by atoms with Gasteiger partial charge in [-0.3, -0.25) is 24.2 Å². The van der Waals surface area contributed by atoms with Crippen molar-refractivity contribution in [2.45, 2.75) is 63.1 Å². The Morgan fingerprint density at radius 1 is 1.12 bits per heavy atom. The lowest BCUT2D eigenvalue weighted by Crippen LogP contribution is -2.55. The third kappa shape index (κ3) is 9.47. The minimum atomic E-state index is -1.18. The minimum absolute atomic E-state index is 0.0754. The Morgan fingerprint density at radius 2 is 1.84 bits per heavy atom. The van der Waals surface area contributed by atoms with Crippen LogP contribution in [0.15, 0.2) is 4.99 Å². The third-order valence-electron chi connectivity index (χ3n) is 5.12. The molecule has 0 aromatic heterocycles. The second kappa shape index (κ2) is 14.2. The van der Waals surface area contributed by atoms with E-state index in [-0.39, 0.29) is 18.9 Å².